The van der Waals surface area contributed by atoms with Gasteiger partial charge in [0.25, 0.3) is 5.56 Å². The molecule has 1 aliphatic rings. The Labute approximate surface area is 162 Å². The number of benzene rings is 1. The molecule has 148 valence electrons. The molecule has 0 fully saturated rings. The summed E-state index contributed by atoms with van der Waals surface area (Å²) < 4.78 is 10.3. The van der Waals surface area contributed by atoms with E-state index in [1.807, 2.05) is 35.8 Å². The first-order chi connectivity index (χ1) is 13.6. The van der Waals surface area contributed by atoms with Crippen LogP contribution < -0.4 is 20.9 Å². The van der Waals surface area contributed by atoms with E-state index in [0.717, 1.165) is 37.2 Å². The van der Waals surface area contributed by atoms with Gasteiger partial charge in [-0.1, -0.05) is 25.5 Å². The predicted octanol–water partition coefficient (Wildman–Crippen LogP) is 2.25. The van der Waals surface area contributed by atoms with Crippen molar-refractivity contribution in [2.75, 3.05) is 18.6 Å². The van der Waals surface area contributed by atoms with Crippen LogP contribution in [-0.4, -0.2) is 32.3 Å². The molecule has 8 heteroatoms. The van der Waals surface area contributed by atoms with E-state index in [-0.39, 0.29) is 11.2 Å². The molecule has 8 nitrogen and oxygen atoms in total. The Kier molecular flexibility index (Phi) is 4.70. The molecule has 0 amide bonds. The van der Waals surface area contributed by atoms with Crippen LogP contribution in [0.3, 0.4) is 0 Å². The van der Waals surface area contributed by atoms with E-state index in [0.29, 0.717) is 30.2 Å². The lowest BCUT2D eigenvalue weighted by Crippen LogP contribution is -2.40. The highest BCUT2D eigenvalue weighted by Gasteiger charge is 2.28. The van der Waals surface area contributed by atoms with Gasteiger partial charge in [0.05, 0.1) is 12.8 Å². The molecule has 1 aromatic carbocycles. The third-order valence-electron chi connectivity index (χ3n) is 5.33. The van der Waals surface area contributed by atoms with Gasteiger partial charge in [0, 0.05) is 26.7 Å². The summed E-state index contributed by atoms with van der Waals surface area (Å²) in [7, 11) is 3.32. The van der Waals surface area contributed by atoms with Crippen LogP contribution in [0.4, 0.5) is 11.6 Å². The maximum atomic E-state index is 13.2. The molecule has 3 heterocycles. The zero-order chi connectivity index (χ0) is 19.8. The Hall–Kier alpha value is -3.03. The van der Waals surface area contributed by atoms with Crippen LogP contribution in [0, 0.1) is 0 Å². The fourth-order valence-corrected chi connectivity index (χ4v) is 3.86. The number of hydrogen-bond donors (Lipinski definition) is 0. The minimum Gasteiger partial charge on any atom is -0.495 e. The maximum absolute atomic E-state index is 13.2. The second-order valence-electron chi connectivity index (χ2n) is 7.06. The molecule has 0 radical (unpaired) electrons. The maximum Gasteiger partial charge on any atom is 0.332 e. The molecule has 0 saturated carbocycles. The van der Waals surface area contributed by atoms with Crippen molar-refractivity contribution in [3.05, 3.63) is 45.1 Å². The van der Waals surface area contributed by atoms with Crippen LogP contribution in [-0.2, 0) is 20.1 Å². The average molecular weight is 383 g/mol. The fourth-order valence-electron chi connectivity index (χ4n) is 3.86. The molecule has 28 heavy (non-hydrogen) atoms. The molecular weight excluding hydrogens is 358 g/mol. The lowest BCUT2D eigenvalue weighted by molar-refractivity contribution is 0.414. The number of nitrogens with zero attached hydrogens (tertiary/aromatic N) is 5. The van der Waals surface area contributed by atoms with Gasteiger partial charge >= 0.3 is 5.69 Å². The Morgan fingerprint density at radius 3 is 2.71 bits per heavy atom. The second-order valence-corrected chi connectivity index (χ2v) is 7.06. The number of imidazole rings is 1. The molecule has 0 atom stereocenters. The third-order valence-corrected chi connectivity index (χ3v) is 5.33. The Balaban J connectivity index is 1.96. The number of ether oxygens (including phenoxy) is 1. The summed E-state index contributed by atoms with van der Waals surface area (Å²) in [5.41, 5.74) is 1.25. The molecule has 3 aromatic rings. The van der Waals surface area contributed by atoms with Crippen molar-refractivity contribution in [2.45, 2.75) is 39.3 Å². The lowest BCUT2D eigenvalue weighted by atomic mass is 10.2. The van der Waals surface area contributed by atoms with Gasteiger partial charge in [0.2, 0.25) is 5.95 Å². The number of aryl methyl sites for hydroxylation is 2. The first-order valence-electron chi connectivity index (χ1n) is 9.69. The topological polar surface area (TPSA) is 74.3 Å². The van der Waals surface area contributed by atoms with Crippen LogP contribution >= 0.6 is 0 Å². The molecule has 1 aliphatic heterocycles. The largest absolute Gasteiger partial charge is 0.495 e. The van der Waals surface area contributed by atoms with Crippen LogP contribution in [0.1, 0.15) is 26.2 Å². The molecule has 0 saturated heterocycles. The van der Waals surface area contributed by atoms with Gasteiger partial charge in [0.15, 0.2) is 11.2 Å². The fraction of sp³-hybridized carbons (Fsp3) is 0.450. The minimum atomic E-state index is -0.315. The number of aromatic nitrogens is 4. The van der Waals surface area contributed by atoms with Crippen LogP contribution in [0.5, 0.6) is 5.75 Å². The van der Waals surface area contributed by atoms with Gasteiger partial charge in [-0.25, -0.2) is 4.79 Å². The Bertz CT molecular complexity index is 1140. The molecule has 0 spiro atoms. The van der Waals surface area contributed by atoms with Gasteiger partial charge in [-0.2, -0.15) is 4.98 Å². The van der Waals surface area contributed by atoms with Crippen molar-refractivity contribution in [1.29, 1.82) is 0 Å². The summed E-state index contributed by atoms with van der Waals surface area (Å²) in [5, 5.41) is 0. The SMILES string of the molecule is CCCCn1c(=O)c2c(nc3n2CCCN3c2ccccc2OC)n(C)c1=O. The Morgan fingerprint density at radius 1 is 1.18 bits per heavy atom. The number of hydrogen-bond acceptors (Lipinski definition) is 5. The minimum absolute atomic E-state index is 0.257. The van der Waals surface area contributed by atoms with Crippen molar-refractivity contribution < 1.29 is 4.74 Å². The summed E-state index contributed by atoms with van der Waals surface area (Å²) in [6, 6.07) is 7.76. The van der Waals surface area contributed by atoms with Crippen molar-refractivity contribution in [3.8, 4) is 5.75 Å². The molecule has 0 N–H and O–H groups in total. The van der Waals surface area contributed by atoms with Crippen LogP contribution in [0.15, 0.2) is 33.9 Å². The van der Waals surface area contributed by atoms with Crippen molar-refractivity contribution in [2.24, 2.45) is 7.05 Å². The van der Waals surface area contributed by atoms with E-state index < -0.39 is 0 Å². The molecule has 2 aromatic heterocycles. The number of fused-ring (bicyclic) bond motifs is 3. The quantitative estimate of drug-likeness (QED) is 0.676. The molecule has 0 aliphatic carbocycles. The van der Waals surface area contributed by atoms with Gasteiger partial charge in [-0.15, -0.1) is 0 Å². The summed E-state index contributed by atoms with van der Waals surface area (Å²) in [4.78, 5) is 32.6. The smallest absolute Gasteiger partial charge is 0.332 e. The number of rotatable bonds is 5. The molecule has 4 rings (SSSR count). The van der Waals surface area contributed by atoms with Crippen molar-refractivity contribution >= 4 is 22.8 Å². The number of para-hydroxylation sites is 2. The van der Waals surface area contributed by atoms with Crippen LogP contribution in [0.2, 0.25) is 0 Å². The van der Waals surface area contributed by atoms with Crippen molar-refractivity contribution in [1.82, 2.24) is 18.7 Å². The first kappa shape index (κ1) is 18.3. The van der Waals surface area contributed by atoms with E-state index in [1.54, 1.807) is 14.2 Å². The normalized spacial score (nSPS) is 13.8. The van der Waals surface area contributed by atoms with Crippen molar-refractivity contribution in [3.63, 3.8) is 0 Å². The third kappa shape index (κ3) is 2.71. The monoisotopic (exact) mass is 383 g/mol. The number of methoxy groups -OCH3 is 1. The van der Waals surface area contributed by atoms with E-state index >= 15 is 0 Å². The summed E-state index contributed by atoms with van der Waals surface area (Å²) in [6.07, 6.45) is 2.57. The van der Waals surface area contributed by atoms with Gasteiger partial charge < -0.3 is 14.2 Å². The van der Waals surface area contributed by atoms with Crippen LogP contribution in [0.25, 0.3) is 11.2 Å². The molecular formula is C20H25N5O3. The second kappa shape index (κ2) is 7.18. The Morgan fingerprint density at radius 2 is 1.96 bits per heavy atom. The predicted molar refractivity (Wildman–Crippen MR) is 109 cm³/mol. The highest BCUT2D eigenvalue weighted by molar-refractivity contribution is 5.78. The van der Waals surface area contributed by atoms with Gasteiger partial charge in [-0.05, 0) is 25.0 Å². The number of unbranched alkanes of at least 4 members (excludes halogenated alkanes) is 1. The lowest BCUT2D eigenvalue weighted by Gasteiger charge is -2.30. The molecule has 0 unspecified atom stereocenters. The first-order valence-corrected chi connectivity index (χ1v) is 9.69. The highest BCUT2D eigenvalue weighted by atomic mass is 16.5. The molecule has 0 bridgehead atoms. The van der Waals surface area contributed by atoms with Gasteiger partial charge in [0.1, 0.15) is 5.75 Å². The van der Waals surface area contributed by atoms with E-state index in [4.69, 9.17) is 9.72 Å². The van der Waals surface area contributed by atoms with E-state index in [2.05, 4.69) is 4.90 Å². The highest BCUT2D eigenvalue weighted by Crippen LogP contribution is 2.36. The summed E-state index contributed by atoms with van der Waals surface area (Å²) in [5.74, 6) is 1.42. The standard InChI is InChI=1S/C20H25N5O3/c1-4-5-11-25-18(26)16-17(22(2)20(25)27)21-19-23(12-8-13-24(16)19)14-9-6-7-10-15(14)28-3/h6-7,9-10H,4-5,8,11-13H2,1-3H3. The zero-order valence-electron chi connectivity index (χ0n) is 16.5. The zero-order valence-corrected chi connectivity index (χ0v) is 16.5. The average Bonchev–Trinajstić information content (AvgIpc) is 3.12. The van der Waals surface area contributed by atoms with Gasteiger partial charge in [-0.3, -0.25) is 13.9 Å². The summed E-state index contributed by atoms with van der Waals surface area (Å²) >= 11 is 0. The van der Waals surface area contributed by atoms with E-state index in [9.17, 15) is 9.59 Å². The summed E-state index contributed by atoms with van der Waals surface area (Å²) in [6.45, 7) is 3.93. The van der Waals surface area contributed by atoms with E-state index in [1.165, 1.54) is 9.13 Å². The number of anilines is 2.